The first-order valence-electron chi connectivity index (χ1n) is 6.52. The van der Waals surface area contributed by atoms with Gasteiger partial charge in [-0.2, -0.15) is 0 Å². The molecule has 1 aromatic heterocycles. The lowest BCUT2D eigenvalue weighted by atomic mass is 10.1. The Balaban J connectivity index is 2.32. The first-order chi connectivity index (χ1) is 9.86. The number of nitrogens with one attached hydrogen (secondary N) is 1. The van der Waals surface area contributed by atoms with E-state index in [2.05, 4.69) is 45.1 Å². The molecule has 0 atom stereocenters. The van der Waals surface area contributed by atoms with Gasteiger partial charge in [0.15, 0.2) is 0 Å². The van der Waals surface area contributed by atoms with Crippen molar-refractivity contribution < 1.29 is 9.90 Å². The smallest absolute Gasteiger partial charge is 0.335 e. The summed E-state index contributed by atoms with van der Waals surface area (Å²) in [4.78, 5) is 19.7. The average Bonchev–Trinajstić information content (AvgIpc) is 2.40. The average molecular weight is 350 g/mol. The third-order valence-electron chi connectivity index (χ3n) is 2.93. The van der Waals surface area contributed by atoms with Crippen LogP contribution in [0.2, 0.25) is 0 Å². The van der Waals surface area contributed by atoms with Gasteiger partial charge in [-0.3, -0.25) is 0 Å². The molecule has 2 N–H and O–H groups in total. The Kier molecular flexibility index (Phi) is 4.57. The van der Waals surface area contributed by atoms with Crippen molar-refractivity contribution in [3.8, 4) is 0 Å². The van der Waals surface area contributed by atoms with Crippen LogP contribution >= 0.6 is 15.9 Å². The van der Waals surface area contributed by atoms with Gasteiger partial charge >= 0.3 is 5.97 Å². The van der Waals surface area contributed by atoms with Gasteiger partial charge in [0, 0.05) is 15.9 Å². The third kappa shape index (κ3) is 3.78. The van der Waals surface area contributed by atoms with Crippen LogP contribution in [-0.4, -0.2) is 21.0 Å². The van der Waals surface area contributed by atoms with Crippen molar-refractivity contribution in [3.05, 3.63) is 45.7 Å². The number of carboxylic acids is 1. The van der Waals surface area contributed by atoms with Gasteiger partial charge in [0.25, 0.3) is 0 Å². The fraction of sp³-hybridized carbons (Fsp3) is 0.267. The zero-order valence-corrected chi connectivity index (χ0v) is 13.6. The van der Waals surface area contributed by atoms with Crippen LogP contribution in [0.15, 0.2) is 28.7 Å². The van der Waals surface area contributed by atoms with Crippen LogP contribution in [0, 0.1) is 6.92 Å². The Morgan fingerprint density at radius 3 is 2.57 bits per heavy atom. The monoisotopic (exact) mass is 349 g/mol. The summed E-state index contributed by atoms with van der Waals surface area (Å²) in [5, 5.41) is 12.1. The lowest BCUT2D eigenvalue weighted by molar-refractivity contribution is 0.0697. The molecule has 0 spiro atoms. The summed E-state index contributed by atoms with van der Waals surface area (Å²) in [7, 11) is 0. The highest BCUT2D eigenvalue weighted by atomic mass is 79.9. The summed E-state index contributed by atoms with van der Waals surface area (Å²) in [5.41, 5.74) is 2.79. The largest absolute Gasteiger partial charge is 0.478 e. The lowest BCUT2D eigenvalue weighted by Crippen LogP contribution is -2.04. The van der Waals surface area contributed by atoms with Gasteiger partial charge in [-0.25, -0.2) is 14.8 Å². The number of nitrogens with zero attached hydrogens (tertiary/aromatic N) is 2. The number of aryl methyl sites for hydroxylation is 1. The van der Waals surface area contributed by atoms with Crippen LogP contribution in [0.3, 0.4) is 0 Å². The molecule has 0 saturated heterocycles. The van der Waals surface area contributed by atoms with Gasteiger partial charge in [0.1, 0.15) is 0 Å². The molecule has 0 radical (unpaired) electrons. The molecule has 0 unspecified atom stereocenters. The maximum Gasteiger partial charge on any atom is 0.335 e. The molecule has 0 aliphatic rings. The summed E-state index contributed by atoms with van der Waals surface area (Å²) in [6.07, 6.45) is 0. The predicted octanol–water partition coefficient (Wildman–Crippen LogP) is 4.11. The molecule has 0 aliphatic heterocycles. The van der Waals surface area contributed by atoms with E-state index in [4.69, 9.17) is 5.11 Å². The van der Waals surface area contributed by atoms with E-state index in [0.29, 0.717) is 16.3 Å². The van der Waals surface area contributed by atoms with Gasteiger partial charge in [0.2, 0.25) is 5.95 Å². The van der Waals surface area contributed by atoms with E-state index >= 15 is 0 Å². The van der Waals surface area contributed by atoms with Gasteiger partial charge < -0.3 is 10.4 Å². The Hall–Kier alpha value is -1.95. The molecule has 0 aliphatic carbocycles. The molecular formula is C15H16BrN3O2. The van der Waals surface area contributed by atoms with Crippen molar-refractivity contribution in [3.63, 3.8) is 0 Å². The van der Waals surface area contributed by atoms with Crippen LogP contribution in [-0.2, 0) is 0 Å². The second kappa shape index (κ2) is 6.22. The number of benzene rings is 1. The number of anilines is 2. The minimum atomic E-state index is -0.962. The van der Waals surface area contributed by atoms with Crippen LogP contribution in [0.4, 0.5) is 11.6 Å². The molecule has 6 heteroatoms. The van der Waals surface area contributed by atoms with Crippen molar-refractivity contribution >= 4 is 33.5 Å². The highest BCUT2D eigenvalue weighted by Crippen LogP contribution is 2.26. The highest BCUT2D eigenvalue weighted by Gasteiger charge is 2.10. The van der Waals surface area contributed by atoms with Crippen molar-refractivity contribution in [1.82, 2.24) is 9.97 Å². The summed E-state index contributed by atoms with van der Waals surface area (Å²) >= 11 is 3.36. The number of rotatable bonds is 4. The first-order valence-corrected chi connectivity index (χ1v) is 7.31. The van der Waals surface area contributed by atoms with Crippen LogP contribution in [0.25, 0.3) is 0 Å². The molecule has 0 amide bonds. The number of carbonyl (C=O) groups is 1. The molecule has 1 heterocycles. The zero-order valence-electron chi connectivity index (χ0n) is 12.0. The lowest BCUT2D eigenvalue weighted by Gasteiger charge is -2.11. The first kappa shape index (κ1) is 15.4. The quantitative estimate of drug-likeness (QED) is 0.868. The number of hydrogen-bond acceptors (Lipinski definition) is 4. The zero-order chi connectivity index (χ0) is 15.6. The molecule has 2 aromatic rings. The third-order valence-corrected chi connectivity index (χ3v) is 3.58. The van der Waals surface area contributed by atoms with E-state index in [1.807, 2.05) is 13.0 Å². The maximum atomic E-state index is 10.9. The van der Waals surface area contributed by atoms with Crippen molar-refractivity contribution in [2.45, 2.75) is 26.7 Å². The highest BCUT2D eigenvalue weighted by molar-refractivity contribution is 9.10. The van der Waals surface area contributed by atoms with Crippen LogP contribution in [0.1, 0.15) is 41.5 Å². The van der Waals surface area contributed by atoms with E-state index in [0.717, 1.165) is 17.1 Å². The standard InChI is InChI=1S/C15H16BrN3O2/c1-8(2)13-6-9(3)17-15(19-13)18-12-5-4-10(14(20)21)7-11(12)16/h4-8H,1-3H3,(H,20,21)(H,17,18,19). The molecule has 21 heavy (non-hydrogen) atoms. The van der Waals surface area contributed by atoms with Gasteiger partial charge in [0.05, 0.1) is 11.3 Å². The molecule has 0 bridgehead atoms. The minimum absolute atomic E-state index is 0.223. The van der Waals surface area contributed by atoms with Crippen LogP contribution in [0.5, 0.6) is 0 Å². The fourth-order valence-corrected chi connectivity index (χ4v) is 2.29. The molecule has 0 fully saturated rings. The molecule has 5 nitrogen and oxygen atoms in total. The summed E-state index contributed by atoms with van der Waals surface area (Å²) < 4.78 is 0.651. The van der Waals surface area contributed by atoms with E-state index in [1.54, 1.807) is 12.1 Å². The molecule has 0 saturated carbocycles. The van der Waals surface area contributed by atoms with E-state index in [9.17, 15) is 4.79 Å². The van der Waals surface area contributed by atoms with E-state index < -0.39 is 5.97 Å². The molecule has 2 rings (SSSR count). The normalized spacial score (nSPS) is 10.7. The summed E-state index contributed by atoms with van der Waals surface area (Å²) in [5.74, 6) is -0.149. The van der Waals surface area contributed by atoms with Crippen molar-refractivity contribution in [2.75, 3.05) is 5.32 Å². The Labute approximate surface area is 131 Å². The fourth-order valence-electron chi connectivity index (χ4n) is 1.81. The SMILES string of the molecule is Cc1cc(C(C)C)nc(Nc2ccc(C(=O)O)cc2Br)n1. The minimum Gasteiger partial charge on any atom is -0.478 e. The number of carboxylic acid groups (broad SMARTS) is 1. The van der Waals surface area contributed by atoms with Gasteiger partial charge in [-0.15, -0.1) is 0 Å². The molecular weight excluding hydrogens is 334 g/mol. The number of aromatic carboxylic acids is 1. The molecule has 110 valence electrons. The number of halogens is 1. The van der Waals surface area contributed by atoms with E-state index in [-0.39, 0.29) is 5.56 Å². The Bertz CT molecular complexity index is 687. The van der Waals surface area contributed by atoms with Crippen LogP contribution < -0.4 is 5.32 Å². The second-order valence-electron chi connectivity index (χ2n) is 5.04. The summed E-state index contributed by atoms with van der Waals surface area (Å²) in [6, 6.07) is 6.73. The van der Waals surface area contributed by atoms with Gasteiger partial charge in [-0.05, 0) is 53.0 Å². The summed E-state index contributed by atoms with van der Waals surface area (Å²) in [6.45, 7) is 6.06. The van der Waals surface area contributed by atoms with Gasteiger partial charge in [-0.1, -0.05) is 13.8 Å². The Morgan fingerprint density at radius 2 is 2.00 bits per heavy atom. The van der Waals surface area contributed by atoms with Crippen molar-refractivity contribution in [1.29, 1.82) is 0 Å². The number of aromatic nitrogens is 2. The maximum absolute atomic E-state index is 10.9. The molecule has 1 aromatic carbocycles. The Morgan fingerprint density at radius 1 is 1.29 bits per heavy atom. The second-order valence-corrected chi connectivity index (χ2v) is 5.89. The number of hydrogen-bond donors (Lipinski definition) is 2. The van der Waals surface area contributed by atoms with Crippen molar-refractivity contribution in [2.24, 2.45) is 0 Å². The van der Waals surface area contributed by atoms with E-state index in [1.165, 1.54) is 6.07 Å². The topological polar surface area (TPSA) is 75.1 Å². The predicted molar refractivity (Wildman–Crippen MR) is 85.2 cm³/mol.